The fourth-order valence-corrected chi connectivity index (χ4v) is 2.57. The van der Waals surface area contributed by atoms with Gasteiger partial charge in [-0.25, -0.2) is 9.97 Å². The van der Waals surface area contributed by atoms with Crippen LogP contribution in [-0.4, -0.2) is 15.9 Å². The predicted octanol–water partition coefficient (Wildman–Crippen LogP) is 3.98. The van der Waals surface area contributed by atoms with Gasteiger partial charge in [-0.2, -0.15) is 0 Å². The number of benzene rings is 2. The molecule has 0 fully saturated rings. The quantitative estimate of drug-likeness (QED) is 0.692. The molecule has 3 rings (SSSR count). The maximum atomic E-state index is 12.3. The monoisotopic (exact) mass is 366 g/mol. The topological polar surface area (TPSA) is 66.9 Å². The van der Waals surface area contributed by atoms with Crippen molar-refractivity contribution >= 4 is 23.5 Å². The standard InChI is InChI=1S/C20H19ClN4O/c1-14-3-2-4-16(11-14)13-23-19(26)18-9-10-22-20(25-18)24-12-15-5-7-17(21)8-6-15/h2-11H,12-13H2,1H3,(H,23,26)(H,22,24,25). The Bertz CT molecular complexity index is 896. The predicted molar refractivity (Wildman–Crippen MR) is 103 cm³/mol. The van der Waals surface area contributed by atoms with E-state index in [-0.39, 0.29) is 5.91 Å². The van der Waals surface area contributed by atoms with Crippen LogP contribution >= 0.6 is 11.6 Å². The molecule has 3 aromatic rings. The summed E-state index contributed by atoms with van der Waals surface area (Å²) in [6.07, 6.45) is 1.57. The molecule has 5 nitrogen and oxygen atoms in total. The molecule has 0 aliphatic carbocycles. The number of carbonyl (C=O) groups excluding carboxylic acids is 1. The number of anilines is 1. The van der Waals surface area contributed by atoms with Gasteiger partial charge in [0.15, 0.2) is 0 Å². The van der Waals surface area contributed by atoms with Crippen LogP contribution in [0.2, 0.25) is 5.02 Å². The molecule has 1 heterocycles. The summed E-state index contributed by atoms with van der Waals surface area (Å²) < 4.78 is 0. The summed E-state index contributed by atoms with van der Waals surface area (Å²) in [5.41, 5.74) is 3.58. The molecule has 0 saturated heterocycles. The summed E-state index contributed by atoms with van der Waals surface area (Å²) in [7, 11) is 0. The molecule has 0 saturated carbocycles. The Balaban J connectivity index is 1.59. The van der Waals surface area contributed by atoms with Gasteiger partial charge in [0.2, 0.25) is 5.95 Å². The second kappa shape index (κ2) is 8.45. The lowest BCUT2D eigenvalue weighted by Gasteiger charge is -2.08. The first-order valence-corrected chi connectivity index (χ1v) is 8.63. The van der Waals surface area contributed by atoms with Gasteiger partial charge in [0, 0.05) is 24.3 Å². The molecule has 0 bridgehead atoms. The van der Waals surface area contributed by atoms with E-state index in [0.717, 1.165) is 16.7 Å². The number of amides is 1. The van der Waals surface area contributed by atoms with Crippen molar-refractivity contribution in [3.63, 3.8) is 0 Å². The Morgan fingerprint density at radius 2 is 1.85 bits per heavy atom. The van der Waals surface area contributed by atoms with E-state index in [1.54, 1.807) is 12.3 Å². The van der Waals surface area contributed by atoms with E-state index in [2.05, 4.69) is 20.6 Å². The lowest BCUT2D eigenvalue weighted by molar-refractivity contribution is 0.0946. The number of halogens is 1. The Morgan fingerprint density at radius 3 is 2.62 bits per heavy atom. The van der Waals surface area contributed by atoms with Crippen molar-refractivity contribution in [2.24, 2.45) is 0 Å². The zero-order valence-corrected chi connectivity index (χ0v) is 15.1. The highest BCUT2D eigenvalue weighted by Gasteiger charge is 2.08. The number of rotatable bonds is 6. The van der Waals surface area contributed by atoms with Gasteiger partial charge < -0.3 is 10.6 Å². The summed E-state index contributed by atoms with van der Waals surface area (Å²) in [6.45, 7) is 3.03. The molecule has 0 aliphatic rings. The average molecular weight is 367 g/mol. The van der Waals surface area contributed by atoms with Gasteiger partial charge in [0.1, 0.15) is 5.69 Å². The van der Waals surface area contributed by atoms with Crippen LogP contribution in [0.25, 0.3) is 0 Å². The first-order valence-electron chi connectivity index (χ1n) is 8.25. The summed E-state index contributed by atoms with van der Waals surface area (Å²) in [5.74, 6) is 0.173. The molecule has 6 heteroatoms. The molecular formula is C20H19ClN4O. The van der Waals surface area contributed by atoms with Gasteiger partial charge in [-0.05, 0) is 36.2 Å². The van der Waals surface area contributed by atoms with Crippen LogP contribution in [0.1, 0.15) is 27.2 Å². The highest BCUT2D eigenvalue weighted by atomic mass is 35.5. The van der Waals surface area contributed by atoms with Crippen LogP contribution in [-0.2, 0) is 13.1 Å². The third kappa shape index (κ3) is 5.04. The lowest BCUT2D eigenvalue weighted by Crippen LogP contribution is -2.24. The van der Waals surface area contributed by atoms with Crippen molar-refractivity contribution in [1.82, 2.24) is 15.3 Å². The maximum Gasteiger partial charge on any atom is 0.270 e. The van der Waals surface area contributed by atoms with Crippen LogP contribution in [0.15, 0.2) is 60.8 Å². The summed E-state index contributed by atoms with van der Waals surface area (Å²) >= 11 is 5.88. The van der Waals surface area contributed by atoms with E-state index in [0.29, 0.717) is 29.8 Å². The van der Waals surface area contributed by atoms with Gasteiger partial charge >= 0.3 is 0 Å². The third-order valence-corrected chi connectivity index (χ3v) is 4.04. The maximum absolute atomic E-state index is 12.3. The molecule has 1 aromatic heterocycles. The first kappa shape index (κ1) is 17.9. The summed E-state index contributed by atoms with van der Waals surface area (Å²) in [5, 5.41) is 6.68. The Hall–Kier alpha value is -2.92. The largest absolute Gasteiger partial charge is 0.350 e. The molecule has 2 N–H and O–H groups in total. The minimum Gasteiger partial charge on any atom is -0.350 e. The number of hydrogen-bond acceptors (Lipinski definition) is 4. The Morgan fingerprint density at radius 1 is 1.04 bits per heavy atom. The highest BCUT2D eigenvalue weighted by molar-refractivity contribution is 6.30. The van der Waals surface area contributed by atoms with Gasteiger partial charge in [-0.3, -0.25) is 4.79 Å². The van der Waals surface area contributed by atoms with Crippen molar-refractivity contribution in [2.75, 3.05) is 5.32 Å². The Kier molecular flexibility index (Phi) is 5.81. The van der Waals surface area contributed by atoms with Gasteiger partial charge in [0.25, 0.3) is 5.91 Å². The number of carbonyl (C=O) groups is 1. The lowest BCUT2D eigenvalue weighted by atomic mass is 10.1. The second-order valence-electron chi connectivity index (χ2n) is 5.92. The van der Waals surface area contributed by atoms with Crippen molar-refractivity contribution in [1.29, 1.82) is 0 Å². The molecule has 26 heavy (non-hydrogen) atoms. The van der Waals surface area contributed by atoms with Crippen LogP contribution in [0.5, 0.6) is 0 Å². The van der Waals surface area contributed by atoms with Crippen LogP contribution in [0.3, 0.4) is 0 Å². The molecule has 0 radical (unpaired) electrons. The SMILES string of the molecule is Cc1cccc(CNC(=O)c2ccnc(NCc3ccc(Cl)cc3)n2)c1. The molecule has 0 spiro atoms. The zero-order chi connectivity index (χ0) is 18.4. The molecule has 2 aromatic carbocycles. The second-order valence-corrected chi connectivity index (χ2v) is 6.35. The van der Waals surface area contributed by atoms with Gasteiger partial charge in [-0.15, -0.1) is 0 Å². The van der Waals surface area contributed by atoms with E-state index in [4.69, 9.17) is 11.6 Å². The number of aryl methyl sites for hydroxylation is 1. The smallest absolute Gasteiger partial charge is 0.270 e. The number of hydrogen-bond donors (Lipinski definition) is 2. The molecule has 0 unspecified atom stereocenters. The van der Waals surface area contributed by atoms with Crippen LogP contribution in [0, 0.1) is 6.92 Å². The highest BCUT2D eigenvalue weighted by Crippen LogP contribution is 2.11. The fourth-order valence-electron chi connectivity index (χ4n) is 2.45. The van der Waals surface area contributed by atoms with Crippen molar-refractivity contribution in [2.45, 2.75) is 20.0 Å². The minimum absolute atomic E-state index is 0.233. The molecule has 0 atom stereocenters. The van der Waals surface area contributed by atoms with Crippen LogP contribution in [0.4, 0.5) is 5.95 Å². The first-order chi connectivity index (χ1) is 12.6. The molecular weight excluding hydrogens is 348 g/mol. The minimum atomic E-state index is -0.233. The van der Waals surface area contributed by atoms with Gasteiger partial charge in [-0.1, -0.05) is 53.6 Å². The van der Waals surface area contributed by atoms with Crippen LogP contribution < -0.4 is 10.6 Å². The molecule has 0 aliphatic heterocycles. The summed E-state index contributed by atoms with van der Waals surface area (Å²) in [6, 6.07) is 17.1. The normalized spacial score (nSPS) is 10.4. The van der Waals surface area contributed by atoms with E-state index in [1.807, 2.05) is 55.5 Å². The van der Waals surface area contributed by atoms with E-state index < -0.39 is 0 Å². The Labute approximate surface area is 157 Å². The fraction of sp³-hybridized carbons (Fsp3) is 0.150. The summed E-state index contributed by atoms with van der Waals surface area (Å²) in [4.78, 5) is 20.8. The van der Waals surface area contributed by atoms with Crippen molar-refractivity contribution in [3.05, 3.63) is 88.2 Å². The van der Waals surface area contributed by atoms with Crippen molar-refractivity contribution < 1.29 is 4.79 Å². The van der Waals surface area contributed by atoms with Crippen molar-refractivity contribution in [3.8, 4) is 0 Å². The third-order valence-electron chi connectivity index (χ3n) is 3.79. The number of nitrogens with zero attached hydrogens (tertiary/aromatic N) is 2. The van der Waals surface area contributed by atoms with Gasteiger partial charge in [0.05, 0.1) is 0 Å². The van der Waals surface area contributed by atoms with E-state index in [1.165, 1.54) is 0 Å². The van der Waals surface area contributed by atoms with E-state index >= 15 is 0 Å². The molecule has 1 amide bonds. The zero-order valence-electron chi connectivity index (χ0n) is 14.4. The molecule has 132 valence electrons. The number of aromatic nitrogens is 2. The number of nitrogens with one attached hydrogen (secondary N) is 2. The average Bonchev–Trinajstić information content (AvgIpc) is 2.66. The van der Waals surface area contributed by atoms with E-state index in [9.17, 15) is 4.79 Å².